The number of nitrogens with one attached hydrogen (secondary N) is 1. The molecule has 1 heterocycles. The monoisotopic (exact) mass is 300 g/mol. The summed E-state index contributed by atoms with van der Waals surface area (Å²) in [6.45, 7) is 0. The molecule has 4 nitrogen and oxygen atoms in total. The van der Waals surface area contributed by atoms with E-state index in [1.54, 1.807) is 30.2 Å². The lowest BCUT2D eigenvalue weighted by atomic mass is 10.2. The van der Waals surface area contributed by atoms with E-state index in [1.807, 2.05) is 18.8 Å². The van der Waals surface area contributed by atoms with Crippen LogP contribution in [0.4, 0.5) is 10.5 Å². The average Bonchev–Trinajstić information content (AvgIpc) is 2.94. The molecule has 0 aromatic heterocycles. The first kappa shape index (κ1) is 14.3. The minimum absolute atomic E-state index is 0.100. The van der Waals surface area contributed by atoms with Gasteiger partial charge in [0.25, 0.3) is 0 Å². The van der Waals surface area contributed by atoms with Crippen LogP contribution in [0, 0.1) is 0 Å². The molecule has 1 fully saturated rings. The Morgan fingerprint density at radius 1 is 1.58 bits per heavy atom. The standard InChI is InChI=1S/C13H17ClN2O2S/c1-16(10-5-6-19-8-10)13(17)15-9-3-4-11(14)12(7-9)18-2/h3-4,7,10H,5-6,8H2,1-2H3,(H,15,17). The SMILES string of the molecule is COc1cc(NC(=O)N(C)C2CCSC2)ccc1Cl. The van der Waals surface area contributed by atoms with E-state index in [0.29, 0.717) is 22.5 Å². The number of carbonyl (C=O) groups is 1. The van der Waals surface area contributed by atoms with Gasteiger partial charge in [-0.05, 0) is 24.3 Å². The van der Waals surface area contributed by atoms with Gasteiger partial charge in [-0.1, -0.05) is 11.6 Å². The second-order valence-corrected chi connectivity index (χ2v) is 5.96. The zero-order chi connectivity index (χ0) is 13.8. The van der Waals surface area contributed by atoms with E-state index in [0.717, 1.165) is 17.9 Å². The van der Waals surface area contributed by atoms with Crippen molar-refractivity contribution in [1.82, 2.24) is 4.90 Å². The summed E-state index contributed by atoms with van der Waals surface area (Å²) < 4.78 is 5.13. The Labute approximate surface area is 122 Å². The van der Waals surface area contributed by atoms with E-state index < -0.39 is 0 Å². The molecule has 2 amide bonds. The van der Waals surface area contributed by atoms with Gasteiger partial charge in [0.1, 0.15) is 5.75 Å². The van der Waals surface area contributed by atoms with E-state index >= 15 is 0 Å². The van der Waals surface area contributed by atoms with Crippen LogP contribution in [0.25, 0.3) is 0 Å². The van der Waals surface area contributed by atoms with Crippen molar-refractivity contribution in [2.45, 2.75) is 12.5 Å². The van der Waals surface area contributed by atoms with E-state index in [-0.39, 0.29) is 6.03 Å². The molecule has 1 atom stereocenters. The van der Waals surface area contributed by atoms with Crippen molar-refractivity contribution in [3.05, 3.63) is 23.2 Å². The number of urea groups is 1. The number of hydrogen-bond donors (Lipinski definition) is 1. The molecule has 19 heavy (non-hydrogen) atoms. The van der Waals surface area contributed by atoms with Crippen LogP contribution < -0.4 is 10.1 Å². The number of carbonyl (C=O) groups excluding carboxylic acids is 1. The van der Waals surface area contributed by atoms with Crippen molar-refractivity contribution in [3.8, 4) is 5.75 Å². The van der Waals surface area contributed by atoms with E-state index in [1.165, 1.54) is 0 Å². The van der Waals surface area contributed by atoms with Crippen molar-refractivity contribution in [2.75, 3.05) is 31.0 Å². The molecular formula is C13H17ClN2O2S. The van der Waals surface area contributed by atoms with Crippen LogP contribution in [0.2, 0.25) is 5.02 Å². The van der Waals surface area contributed by atoms with Gasteiger partial charge in [-0.25, -0.2) is 4.79 Å². The average molecular weight is 301 g/mol. The lowest BCUT2D eigenvalue weighted by Gasteiger charge is -2.24. The Kier molecular flexibility index (Phi) is 4.82. The van der Waals surface area contributed by atoms with Crippen molar-refractivity contribution in [3.63, 3.8) is 0 Å². The van der Waals surface area contributed by atoms with Gasteiger partial charge in [0.15, 0.2) is 0 Å². The highest BCUT2D eigenvalue weighted by Crippen LogP contribution is 2.28. The zero-order valence-electron chi connectivity index (χ0n) is 11.0. The number of nitrogens with zero attached hydrogens (tertiary/aromatic N) is 1. The predicted molar refractivity (Wildman–Crippen MR) is 80.5 cm³/mol. The molecule has 104 valence electrons. The smallest absolute Gasteiger partial charge is 0.321 e. The van der Waals surface area contributed by atoms with Gasteiger partial charge in [-0.2, -0.15) is 11.8 Å². The van der Waals surface area contributed by atoms with Crippen LogP contribution in [0.15, 0.2) is 18.2 Å². The minimum Gasteiger partial charge on any atom is -0.495 e. The molecular weight excluding hydrogens is 284 g/mol. The molecule has 1 aromatic rings. The molecule has 0 spiro atoms. The van der Waals surface area contributed by atoms with Gasteiger partial charge in [0.2, 0.25) is 0 Å². The van der Waals surface area contributed by atoms with E-state index in [4.69, 9.17) is 16.3 Å². The number of benzene rings is 1. The number of rotatable bonds is 3. The third kappa shape index (κ3) is 3.48. The number of methoxy groups -OCH3 is 1. The van der Waals surface area contributed by atoms with Gasteiger partial charge in [-0.15, -0.1) is 0 Å². The fourth-order valence-electron chi connectivity index (χ4n) is 1.94. The lowest BCUT2D eigenvalue weighted by Crippen LogP contribution is -2.39. The summed E-state index contributed by atoms with van der Waals surface area (Å²) in [5, 5.41) is 3.39. The van der Waals surface area contributed by atoms with Crippen molar-refractivity contribution >= 4 is 35.1 Å². The van der Waals surface area contributed by atoms with Gasteiger partial charge >= 0.3 is 6.03 Å². The van der Waals surface area contributed by atoms with Gasteiger partial charge in [-0.3, -0.25) is 0 Å². The molecule has 1 aliphatic rings. The third-order valence-corrected chi connectivity index (χ3v) is 4.63. The molecule has 1 N–H and O–H groups in total. The molecule has 2 rings (SSSR count). The number of anilines is 1. The maximum absolute atomic E-state index is 12.1. The van der Waals surface area contributed by atoms with Crippen LogP contribution in [-0.4, -0.2) is 42.6 Å². The third-order valence-electron chi connectivity index (χ3n) is 3.18. The van der Waals surface area contributed by atoms with Crippen LogP contribution in [-0.2, 0) is 0 Å². The lowest BCUT2D eigenvalue weighted by molar-refractivity contribution is 0.209. The molecule has 1 aromatic carbocycles. The number of ether oxygens (including phenoxy) is 1. The molecule has 6 heteroatoms. The summed E-state index contributed by atoms with van der Waals surface area (Å²) in [7, 11) is 3.38. The van der Waals surface area contributed by atoms with Crippen LogP contribution >= 0.6 is 23.4 Å². The number of hydrogen-bond acceptors (Lipinski definition) is 3. The Morgan fingerprint density at radius 2 is 2.37 bits per heavy atom. The van der Waals surface area contributed by atoms with Crippen LogP contribution in [0.3, 0.4) is 0 Å². The van der Waals surface area contributed by atoms with Gasteiger partial charge in [0.05, 0.1) is 12.1 Å². The second-order valence-electron chi connectivity index (χ2n) is 4.41. The van der Waals surface area contributed by atoms with E-state index in [2.05, 4.69) is 5.32 Å². The second kappa shape index (κ2) is 6.39. The highest BCUT2D eigenvalue weighted by molar-refractivity contribution is 7.99. The molecule has 0 bridgehead atoms. The number of thioether (sulfide) groups is 1. The van der Waals surface area contributed by atoms with Crippen LogP contribution in [0.5, 0.6) is 5.75 Å². The fraction of sp³-hybridized carbons (Fsp3) is 0.462. The quantitative estimate of drug-likeness (QED) is 0.931. The first-order chi connectivity index (χ1) is 9.11. The largest absolute Gasteiger partial charge is 0.495 e. The van der Waals surface area contributed by atoms with Crippen molar-refractivity contribution in [2.24, 2.45) is 0 Å². The van der Waals surface area contributed by atoms with Gasteiger partial charge in [0, 0.05) is 30.6 Å². The first-order valence-corrected chi connectivity index (χ1v) is 7.60. The molecule has 0 radical (unpaired) electrons. The highest BCUT2D eigenvalue weighted by atomic mass is 35.5. The maximum atomic E-state index is 12.1. The minimum atomic E-state index is -0.100. The van der Waals surface area contributed by atoms with Crippen molar-refractivity contribution < 1.29 is 9.53 Å². The summed E-state index contributed by atoms with van der Waals surface area (Å²) >= 11 is 7.83. The summed E-state index contributed by atoms with van der Waals surface area (Å²) in [5.41, 5.74) is 0.684. The first-order valence-electron chi connectivity index (χ1n) is 6.07. The zero-order valence-corrected chi connectivity index (χ0v) is 12.6. The highest BCUT2D eigenvalue weighted by Gasteiger charge is 2.23. The number of amides is 2. The Hall–Kier alpha value is -1.07. The van der Waals surface area contributed by atoms with Crippen LogP contribution in [0.1, 0.15) is 6.42 Å². The van der Waals surface area contributed by atoms with Gasteiger partial charge < -0.3 is 15.0 Å². The predicted octanol–water partition coefficient (Wildman–Crippen LogP) is 3.32. The Balaban J connectivity index is 2.01. The summed E-state index contributed by atoms with van der Waals surface area (Å²) in [6.07, 6.45) is 1.05. The topological polar surface area (TPSA) is 41.6 Å². The Bertz CT molecular complexity index is 464. The fourth-order valence-corrected chi connectivity index (χ4v) is 3.41. The molecule has 1 aliphatic heterocycles. The number of halogens is 1. The molecule has 1 unspecified atom stereocenters. The summed E-state index contributed by atoms with van der Waals surface area (Å²) in [4.78, 5) is 13.9. The maximum Gasteiger partial charge on any atom is 0.321 e. The van der Waals surface area contributed by atoms with E-state index in [9.17, 15) is 4.79 Å². The Morgan fingerprint density at radius 3 is 3.00 bits per heavy atom. The summed E-state index contributed by atoms with van der Waals surface area (Å²) in [6, 6.07) is 5.41. The molecule has 0 aliphatic carbocycles. The molecule has 1 saturated heterocycles. The normalized spacial score (nSPS) is 18.2. The summed E-state index contributed by atoms with van der Waals surface area (Å²) in [5.74, 6) is 2.68. The molecule has 0 saturated carbocycles. The van der Waals surface area contributed by atoms with Crippen molar-refractivity contribution in [1.29, 1.82) is 0 Å².